The molecule has 1 aliphatic rings. The molecule has 4 rings (SSSR count). The zero-order valence-electron chi connectivity index (χ0n) is 22.2. The molecule has 0 saturated carbocycles. The van der Waals surface area contributed by atoms with Crippen molar-refractivity contribution in [3.8, 4) is 5.75 Å². The van der Waals surface area contributed by atoms with Crippen molar-refractivity contribution in [2.24, 2.45) is 10.9 Å². The van der Waals surface area contributed by atoms with Gasteiger partial charge >= 0.3 is 0 Å². The van der Waals surface area contributed by atoms with Gasteiger partial charge in [-0.25, -0.2) is 4.39 Å². The van der Waals surface area contributed by atoms with Gasteiger partial charge < -0.3 is 19.1 Å². The maximum atomic E-state index is 13.6. The summed E-state index contributed by atoms with van der Waals surface area (Å²) < 4.78 is 20.6. The number of aliphatic imine (C=N–C) groups is 1. The molecule has 0 spiro atoms. The predicted octanol–water partition coefficient (Wildman–Crippen LogP) is 3.86. The lowest BCUT2D eigenvalue weighted by Gasteiger charge is -2.32. The molecule has 0 aliphatic carbocycles. The van der Waals surface area contributed by atoms with Crippen molar-refractivity contribution in [3.05, 3.63) is 65.1 Å². The largest absolute Gasteiger partial charge is 0.496 e. The van der Waals surface area contributed by atoms with Crippen molar-refractivity contribution in [3.63, 3.8) is 0 Å². The molecule has 1 fully saturated rings. The summed E-state index contributed by atoms with van der Waals surface area (Å²) in [5.74, 6) is -0.891. The van der Waals surface area contributed by atoms with E-state index in [1.807, 2.05) is 16.7 Å². The number of rotatable bonds is 8. The molecule has 1 saturated heterocycles. The Balaban J connectivity index is 1.61. The van der Waals surface area contributed by atoms with E-state index in [4.69, 9.17) is 4.74 Å². The predicted molar refractivity (Wildman–Crippen MR) is 145 cm³/mol. The summed E-state index contributed by atoms with van der Waals surface area (Å²) >= 11 is 0. The summed E-state index contributed by atoms with van der Waals surface area (Å²) in [6, 6.07) is 9.98. The number of halogens is 1. The Morgan fingerprint density at radius 2 is 1.79 bits per heavy atom. The standard InChI is InChI=1S/C29H33FN4O4/c1-31-11-14-34-18-24(27(35)29(37)32(2)3)22-16-23(26(38-4)17-25(22)34)28(36)33-12-9-20(10-13-33)15-19-5-7-21(30)8-6-19/h5-8,11,16-18,20H,9-10,12-15H2,1-4H3/b31-11+. The smallest absolute Gasteiger partial charge is 0.294 e. The fourth-order valence-electron chi connectivity index (χ4n) is 4.94. The SMILES string of the molecule is C/N=C/Cn1cc(C(=O)C(=O)N(C)C)c2cc(C(=O)N3CCC(Cc4ccc(F)cc4)CC3)c(OC)cc21. The average molecular weight is 521 g/mol. The van der Waals surface area contributed by atoms with E-state index in [2.05, 4.69) is 4.99 Å². The highest BCUT2D eigenvalue weighted by Crippen LogP contribution is 2.32. The van der Waals surface area contributed by atoms with E-state index in [1.165, 1.54) is 38.2 Å². The molecule has 8 nitrogen and oxygen atoms in total. The Morgan fingerprint density at radius 3 is 2.39 bits per heavy atom. The number of nitrogens with zero attached hydrogens (tertiary/aromatic N) is 4. The fourth-order valence-corrected chi connectivity index (χ4v) is 4.94. The zero-order chi connectivity index (χ0) is 27.4. The number of methoxy groups -OCH3 is 1. The van der Waals surface area contributed by atoms with Gasteiger partial charge in [0.2, 0.25) is 0 Å². The highest BCUT2D eigenvalue weighted by Gasteiger charge is 2.29. The van der Waals surface area contributed by atoms with Gasteiger partial charge in [0.1, 0.15) is 11.6 Å². The number of likely N-dealkylation sites (N-methyl/N-ethyl adjacent to an activating group) is 1. The maximum Gasteiger partial charge on any atom is 0.294 e. The summed E-state index contributed by atoms with van der Waals surface area (Å²) in [4.78, 5) is 46.3. The molecule has 2 amide bonds. The van der Waals surface area contributed by atoms with Crippen LogP contribution in [0.1, 0.15) is 39.1 Å². The highest BCUT2D eigenvalue weighted by atomic mass is 19.1. The van der Waals surface area contributed by atoms with Gasteiger partial charge in [-0.05, 0) is 48.9 Å². The van der Waals surface area contributed by atoms with Crippen LogP contribution in [0.5, 0.6) is 5.75 Å². The van der Waals surface area contributed by atoms with Crippen LogP contribution in [0.4, 0.5) is 4.39 Å². The molecule has 1 aromatic heterocycles. The molecule has 1 aliphatic heterocycles. The highest BCUT2D eigenvalue weighted by molar-refractivity contribution is 6.44. The number of ketones is 1. The van der Waals surface area contributed by atoms with Crippen molar-refractivity contribution in [2.45, 2.75) is 25.8 Å². The van der Waals surface area contributed by atoms with Crippen LogP contribution in [0.2, 0.25) is 0 Å². The van der Waals surface area contributed by atoms with Gasteiger partial charge in [0.05, 0.1) is 30.3 Å². The maximum absolute atomic E-state index is 13.6. The molecule has 0 N–H and O–H groups in total. The summed E-state index contributed by atoms with van der Waals surface area (Å²) in [7, 11) is 6.23. The van der Waals surface area contributed by atoms with Gasteiger partial charge in [-0.1, -0.05) is 12.1 Å². The lowest BCUT2D eigenvalue weighted by Crippen LogP contribution is -2.39. The van der Waals surface area contributed by atoms with E-state index in [-0.39, 0.29) is 17.3 Å². The Morgan fingerprint density at radius 1 is 1.11 bits per heavy atom. The first kappa shape index (κ1) is 27.0. The van der Waals surface area contributed by atoms with Crippen LogP contribution >= 0.6 is 0 Å². The molecular weight excluding hydrogens is 487 g/mol. The van der Waals surface area contributed by atoms with Gasteiger partial charge in [0.15, 0.2) is 0 Å². The first-order valence-corrected chi connectivity index (χ1v) is 12.6. The van der Waals surface area contributed by atoms with E-state index in [0.717, 1.165) is 24.8 Å². The summed E-state index contributed by atoms with van der Waals surface area (Å²) in [6.45, 7) is 1.57. The van der Waals surface area contributed by atoms with E-state index in [0.29, 0.717) is 47.8 Å². The molecule has 0 unspecified atom stereocenters. The van der Waals surface area contributed by atoms with Gasteiger partial charge in [-0.3, -0.25) is 19.4 Å². The van der Waals surface area contributed by atoms with E-state index < -0.39 is 11.7 Å². The lowest BCUT2D eigenvalue weighted by atomic mass is 9.90. The number of Topliss-reactive ketones (excluding diaryl/α,β-unsaturated/α-hetero) is 1. The summed E-state index contributed by atoms with van der Waals surface area (Å²) in [5, 5.41) is 0.519. The first-order chi connectivity index (χ1) is 18.2. The Labute approximate surface area is 221 Å². The second kappa shape index (κ2) is 11.6. The summed E-state index contributed by atoms with van der Waals surface area (Å²) in [6.07, 6.45) is 5.84. The van der Waals surface area contributed by atoms with Crippen LogP contribution in [0.3, 0.4) is 0 Å². The number of ether oxygens (including phenoxy) is 1. The van der Waals surface area contributed by atoms with Gasteiger partial charge in [-0.2, -0.15) is 0 Å². The van der Waals surface area contributed by atoms with Crippen LogP contribution in [0, 0.1) is 11.7 Å². The van der Waals surface area contributed by atoms with Crippen molar-refractivity contribution < 1.29 is 23.5 Å². The quantitative estimate of drug-likeness (QED) is 0.257. The van der Waals surface area contributed by atoms with Crippen LogP contribution in [0.25, 0.3) is 10.9 Å². The third-order valence-electron chi connectivity index (χ3n) is 7.08. The molecule has 200 valence electrons. The monoisotopic (exact) mass is 520 g/mol. The van der Waals surface area contributed by atoms with E-state index in [9.17, 15) is 18.8 Å². The average Bonchev–Trinajstić information content (AvgIpc) is 3.28. The Kier molecular flexibility index (Phi) is 8.24. The van der Waals surface area contributed by atoms with Gasteiger partial charge in [0.25, 0.3) is 17.6 Å². The number of piperidine rings is 1. The molecule has 38 heavy (non-hydrogen) atoms. The van der Waals surface area contributed by atoms with Crippen LogP contribution in [0.15, 0.2) is 47.6 Å². The number of fused-ring (bicyclic) bond motifs is 1. The van der Waals surface area contributed by atoms with E-state index in [1.54, 1.807) is 36.5 Å². The first-order valence-electron chi connectivity index (χ1n) is 12.6. The van der Waals surface area contributed by atoms with Crippen LogP contribution < -0.4 is 4.74 Å². The van der Waals surface area contributed by atoms with Crippen molar-refractivity contribution in [1.82, 2.24) is 14.4 Å². The van der Waals surface area contributed by atoms with E-state index >= 15 is 0 Å². The molecule has 3 aromatic rings. The molecule has 2 aromatic carbocycles. The molecule has 0 radical (unpaired) electrons. The van der Waals surface area contributed by atoms with Crippen molar-refractivity contribution in [1.29, 1.82) is 0 Å². The summed E-state index contributed by atoms with van der Waals surface area (Å²) in [5.41, 5.74) is 2.35. The van der Waals surface area contributed by atoms with Crippen LogP contribution in [-0.2, 0) is 17.8 Å². The van der Waals surface area contributed by atoms with Gasteiger partial charge in [0, 0.05) is 58.1 Å². The topological polar surface area (TPSA) is 84.2 Å². The number of hydrogen-bond acceptors (Lipinski definition) is 5. The number of likely N-dealkylation sites (tertiary alicyclic amines) is 1. The number of carbonyl (C=O) groups excluding carboxylic acids is 3. The molecule has 9 heteroatoms. The molecule has 0 atom stereocenters. The minimum Gasteiger partial charge on any atom is -0.496 e. The number of hydrogen-bond donors (Lipinski definition) is 0. The minimum absolute atomic E-state index is 0.177. The second-order valence-corrected chi connectivity index (χ2v) is 9.80. The Bertz CT molecular complexity index is 1370. The van der Waals surface area contributed by atoms with Crippen molar-refractivity contribution >= 4 is 34.7 Å². The van der Waals surface area contributed by atoms with Crippen molar-refractivity contribution in [2.75, 3.05) is 41.3 Å². The molecule has 0 bridgehead atoms. The normalized spacial score (nSPS) is 14.3. The Hall–Kier alpha value is -4.01. The third-order valence-corrected chi connectivity index (χ3v) is 7.08. The molecular formula is C29H33FN4O4. The van der Waals surface area contributed by atoms with Gasteiger partial charge in [-0.15, -0.1) is 0 Å². The third kappa shape index (κ3) is 5.61. The number of aromatic nitrogens is 1. The fraction of sp³-hybridized carbons (Fsp3) is 0.379. The second-order valence-electron chi connectivity index (χ2n) is 9.80. The number of carbonyl (C=O) groups is 3. The van der Waals surface area contributed by atoms with Crippen LogP contribution in [-0.4, -0.2) is 79.5 Å². The number of benzene rings is 2. The molecule has 2 heterocycles. The zero-order valence-corrected chi connectivity index (χ0v) is 22.2. The minimum atomic E-state index is -0.641. The number of amides is 2. The lowest BCUT2D eigenvalue weighted by molar-refractivity contribution is -0.124.